The standard InChI is InChI=1S/C20H14N4S/c1-2-9-15-13(6-1)7-5-8-14(15)12-25-20-22-19-18(23-24-20)16-10-3-4-11-17(16)21-19/h1-11H,12H2,(H,21,22,24). The largest absolute Gasteiger partial charge is 0.338 e. The molecule has 120 valence electrons. The van der Waals surface area contributed by atoms with Crippen molar-refractivity contribution in [2.24, 2.45) is 0 Å². The summed E-state index contributed by atoms with van der Waals surface area (Å²) in [6, 6.07) is 22.9. The Balaban J connectivity index is 1.48. The number of thioether (sulfide) groups is 1. The van der Waals surface area contributed by atoms with Gasteiger partial charge in [-0.25, -0.2) is 4.98 Å². The minimum absolute atomic E-state index is 0.687. The normalized spacial score (nSPS) is 11.5. The van der Waals surface area contributed by atoms with Gasteiger partial charge in [-0.2, -0.15) is 0 Å². The Morgan fingerprint density at radius 1 is 0.800 bits per heavy atom. The monoisotopic (exact) mass is 342 g/mol. The fourth-order valence-electron chi connectivity index (χ4n) is 3.13. The van der Waals surface area contributed by atoms with Crippen LogP contribution in [0.15, 0.2) is 71.9 Å². The molecule has 1 N–H and O–H groups in total. The third-order valence-electron chi connectivity index (χ3n) is 4.34. The number of para-hydroxylation sites is 1. The molecular formula is C20H14N4S. The molecule has 5 rings (SSSR count). The number of benzene rings is 3. The van der Waals surface area contributed by atoms with Crippen LogP contribution in [0.4, 0.5) is 0 Å². The molecule has 0 amide bonds. The van der Waals surface area contributed by atoms with Crippen LogP contribution < -0.4 is 0 Å². The summed E-state index contributed by atoms with van der Waals surface area (Å²) in [7, 11) is 0. The highest BCUT2D eigenvalue weighted by molar-refractivity contribution is 7.98. The predicted octanol–water partition coefficient (Wildman–Crippen LogP) is 4.95. The maximum atomic E-state index is 4.64. The van der Waals surface area contributed by atoms with Crippen molar-refractivity contribution in [2.45, 2.75) is 10.9 Å². The zero-order valence-electron chi connectivity index (χ0n) is 13.3. The first-order valence-corrected chi connectivity index (χ1v) is 9.08. The van der Waals surface area contributed by atoms with E-state index in [0.29, 0.717) is 5.16 Å². The first-order chi connectivity index (χ1) is 12.4. The van der Waals surface area contributed by atoms with E-state index < -0.39 is 0 Å². The van der Waals surface area contributed by atoms with Gasteiger partial charge >= 0.3 is 0 Å². The average molecular weight is 342 g/mol. The number of nitrogens with one attached hydrogen (secondary N) is 1. The van der Waals surface area contributed by atoms with Gasteiger partial charge in [-0.05, 0) is 22.4 Å². The van der Waals surface area contributed by atoms with Crippen LogP contribution in [0.25, 0.3) is 32.8 Å². The SMILES string of the molecule is c1ccc2c(CSc3nnc4c(n3)[nH]c3ccccc34)cccc2c1. The van der Waals surface area contributed by atoms with E-state index in [9.17, 15) is 0 Å². The molecule has 25 heavy (non-hydrogen) atoms. The minimum atomic E-state index is 0.687. The van der Waals surface area contributed by atoms with Gasteiger partial charge in [0.05, 0.1) is 0 Å². The zero-order chi connectivity index (χ0) is 16.6. The molecular weight excluding hydrogens is 328 g/mol. The second kappa shape index (κ2) is 5.86. The third kappa shape index (κ3) is 2.53. The van der Waals surface area contributed by atoms with Crippen LogP contribution in [0.3, 0.4) is 0 Å². The Morgan fingerprint density at radius 2 is 1.60 bits per heavy atom. The van der Waals surface area contributed by atoms with Crippen LogP contribution in [-0.2, 0) is 5.75 Å². The quantitative estimate of drug-likeness (QED) is 0.471. The van der Waals surface area contributed by atoms with Gasteiger partial charge in [0, 0.05) is 16.7 Å². The number of H-pyrrole nitrogens is 1. The molecule has 0 aliphatic carbocycles. The Bertz CT molecular complexity index is 1210. The topological polar surface area (TPSA) is 54.5 Å². The molecule has 0 radical (unpaired) electrons. The van der Waals surface area contributed by atoms with Gasteiger partial charge < -0.3 is 4.98 Å². The van der Waals surface area contributed by atoms with E-state index in [0.717, 1.165) is 27.8 Å². The predicted molar refractivity (Wildman–Crippen MR) is 103 cm³/mol. The van der Waals surface area contributed by atoms with Crippen LogP contribution in [-0.4, -0.2) is 20.2 Å². The summed E-state index contributed by atoms with van der Waals surface area (Å²) in [5.74, 6) is 0.814. The zero-order valence-corrected chi connectivity index (χ0v) is 14.1. The first-order valence-electron chi connectivity index (χ1n) is 8.09. The van der Waals surface area contributed by atoms with Gasteiger partial charge in [-0.15, -0.1) is 10.2 Å². The lowest BCUT2D eigenvalue weighted by Crippen LogP contribution is -1.92. The van der Waals surface area contributed by atoms with Gasteiger partial charge in [0.15, 0.2) is 5.65 Å². The Kier molecular flexibility index (Phi) is 3.38. The fraction of sp³-hybridized carbons (Fsp3) is 0.0500. The maximum absolute atomic E-state index is 4.64. The lowest BCUT2D eigenvalue weighted by molar-refractivity contribution is 0.878. The molecule has 0 aliphatic heterocycles. The molecule has 0 fully saturated rings. The van der Waals surface area contributed by atoms with Crippen molar-refractivity contribution in [1.82, 2.24) is 20.2 Å². The van der Waals surface area contributed by atoms with Crippen LogP contribution in [0.2, 0.25) is 0 Å². The molecule has 0 saturated heterocycles. The van der Waals surface area contributed by atoms with Gasteiger partial charge in [-0.1, -0.05) is 72.4 Å². The van der Waals surface area contributed by atoms with E-state index >= 15 is 0 Å². The molecule has 0 bridgehead atoms. The van der Waals surface area contributed by atoms with Crippen molar-refractivity contribution in [3.63, 3.8) is 0 Å². The van der Waals surface area contributed by atoms with Crippen LogP contribution in [0, 0.1) is 0 Å². The molecule has 2 heterocycles. The Labute approximate surface area is 148 Å². The van der Waals surface area contributed by atoms with Gasteiger partial charge in [0.1, 0.15) is 5.52 Å². The summed E-state index contributed by atoms with van der Waals surface area (Å²) >= 11 is 1.61. The number of rotatable bonds is 3. The summed E-state index contributed by atoms with van der Waals surface area (Å²) in [5.41, 5.74) is 3.93. The number of aromatic amines is 1. The summed E-state index contributed by atoms with van der Waals surface area (Å²) in [5, 5.41) is 13.0. The van der Waals surface area contributed by atoms with Crippen molar-refractivity contribution >= 4 is 44.6 Å². The van der Waals surface area contributed by atoms with E-state index in [2.05, 4.69) is 62.6 Å². The molecule has 3 aromatic carbocycles. The summed E-state index contributed by atoms with van der Waals surface area (Å²) in [6.07, 6.45) is 0. The number of hydrogen-bond acceptors (Lipinski definition) is 4. The van der Waals surface area contributed by atoms with E-state index in [1.54, 1.807) is 11.8 Å². The highest BCUT2D eigenvalue weighted by Crippen LogP contribution is 2.27. The van der Waals surface area contributed by atoms with E-state index in [1.807, 2.05) is 24.3 Å². The number of hydrogen-bond donors (Lipinski definition) is 1. The number of aromatic nitrogens is 4. The number of fused-ring (bicyclic) bond motifs is 4. The molecule has 0 atom stereocenters. The molecule has 0 spiro atoms. The Hall–Kier alpha value is -2.92. The lowest BCUT2D eigenvalue weighted by Gasteiger charge is -2.05. The molecule has 0 unspecified atom stereocenters. The molecule has 2 aromatic heterocycles. The third-order valence-corrected chi connectivity index (χ3v) is 5.23. The molecule has 4 nitrogen and oxygen atoms in total. The second-order valence-electron chi connectivity index (χ2n) is 5.89. The van der Waals surface area contributed by atoms with Crippen molar-refractivity contribution in [1.29, 1.82) is 0 Å². The summed E-state index contributed by atoms with van der Waals surface area (Å²) < 4.78 is 0. The second-order valence-corrected chi connectivity index (χ2v) is 6.83. The minimum Gasteiger partial charge on any atom is -0.338 e. The van der Waals surface area contributed by atoms with Crippen molar-refractivity contribution < 1.29 is 0 Å². The average Bonchev–Trinajstić information content (AvgIpc) is 3.04. The lowest BCUT2D eigenvalue weighted by atomic mass is 10.1. The van der Waals surface area contributed by atoms with E-state index in [1.165, 1.54) is 16.3 Å². The molecule has 0 aliphatic rings. The van der Waals surface area contributed by atoms with E-state index in [4.69, 9.17) is 0 Å². The highest BCUT2D eigenvalue weighted by atomic mass is 32.2. The van der Waals surface area contributed by atoms with Gasteiger partial charge in [-0.3, -0.25) is 0 Å². The number of nitrogens with zero attached hydrogens (tertiary/aromatic N) is 3. The van der Waals surface area contributed by atoms with Crippen LogP contribution in [0.5, 0.6) is 0 Å². The molecule has 5 aromatic rings. The fourth-order valence-corrected chi connectivity index (χ4v) is 3.92. The summed E-state index contributed by atoms with van der Waals surface area (Å²) in [6.45, 7) is 0. The van der Waals surface area contributed by atoms with E-state index in [-0.39, 0.29) is 0 Å². The molecule has 0 saturated carbocycles. The van der Waals surface area contributed by atoms with Crippen molar-refractivity contribution in [3.05, 3.63) is 72.3 Å². The van der Waals surface area contributed by atoms with Crippen LogP contribution in [0.1, 0.15) is 5.56 Å². The van der Waals surface area contributed by atoms with Crippen molar-refractivity contribution in [3.8, 4) is 0 Å². The maximum Gasteiger partial charge on any atom is 0.211 e. The summed E-state index contributed by atoms with van der Waals surface area (Å²) in [4.78, 5) is 7.96. The van der Waals surface area contributed by atoms with Gasteiger partial charge in [0.2, 0.25) is 5.16 Å². The van der Waals surface area contributed by atoms with Crippen LogP contribution >= 0.6 is 11.8 Å². The van der Waals surface area contributed by atoms with Gasteiger partial charge in [0.25, 0.3) is 0 Å². The first kappa shape index (κ1) is 14.4. The van der Waals surface area contributed by atoms with Crippen molar-refractivity contribution in [2.75, 3.05) is 0 Å². The molecule has 5 heteroatoms. The Morgan fingerprint density at radius 3 is 2.56 bits per heavy atom. The highest BCUT2D eigenvalue weighted by Gasteiger charge is 2.09. The smallest absolute Gasteiger partial charge is 0.211 e.